The van der Waals surface area contributed by atoms with Crippen molar-refractivity contribution in [2.75, 3.05) is 24.6 Å². The van der Waals surface area contributed by atoms with Crippen LogP contribution in [0.5, 0.6) is 5.75 Å². The molecule has 1 heterocycles. The average Bonchev–Trinajstić information content (AvgIpc) is 2.72. The van der Waals surface area contributed by atoms with Gasteiger partial charge in [0.25, 0.3) is 5.91 Å². The fourth-order valence-corrected chi connectivity index (χ4v) is 4.12. The van der Waals surface area contributed by atoms with Gasteiger partial charge in [0.05, 0.1) is 6.04 Å². The van der Waals surface area contributed by atoms with E-state index in [1.165, 1.54) is 18.5 Å². The van der Waals surface area contributed by atoms with Gasteiger partial charge in [-0.3, -0.25) is 4.79 Å². The van der Waals surface area contributed by atoms with Crippen LogP contribution in [0.15, 0.2) is 48.5 Å². The third kappa shape index (κ3) is 5.78. The Balaban J connectivity index is 1.55. The highest BCUT2D eigenvalue weighted by Gasteiger charge is 2.20. The highest BCUT2D eigenvalue weighted by molar-refractivity contribution is 5.78. The van der Waals surface area contributed by atoms with Crippen LogP contribution in [0.1, 0.15) is 64.6 Å². The molecule has 162 valence electrons. The van der Waals surface area contributed by atoms with E-state index in [9.17, 15) is 4.79 Å². The zero-order valence-corrected chi connectivity index (χ0v) is 19.1. The number of nitrogens with zero attached hydrogens (tertiary/aromatic N) is 1. The molecule has 0 aliphatic carbocycles. The lowest BCUT2D eigenvalue weighted by Gasteiger charge is -2.33. The fraction of sp³-hybridized carbons (Fsp3) is 0.500. The molecule has 1 saturated heterocycles. The summed E-state index contributed by atoms with van der Waals surface area (Å²) in [7, 11) is 0. The van der Waals surface area contributed by atoms with Crippen LogP contribution in [0.2, 0.25) is 0 Å². The second kappa shape index (κ2) is 9.55. The largest absolute Gasteiger partial charge is 0.483 e. The first-order valence-electron chi connectivity index (χ1n) is 11.1. The summed E-state index contributed by atoms with van der Waals surface area (Å²) < 4.78 is 5.85. The number of anilines is 1. The number of nitrogens with one attached hydrogen (secondary N) is 1. The van der Waals surface area contributed by atoms with Crippen LogP contribution in [0.4, 0.5) is 5.69 Å². The third-order valence-corrected chi connectivity index (χ3v) is 5.85. The summed E-state index contributed by atoms with van der Waals surface area (Å²) in [5.74, 6) is 1.41. The lowest BCUT2D eigenvalue weighted by molar-refractivity contribution is -0.123. The average molecular weight is 409 g/mol. The summed E-state index contributed by atoms with van der Waals surface area (Å²) in [6, 6.07) is 16.5. The van der Waals surface area contributed by atoms with Crippen molar-refractivity contribution >= 4 is 11.6 Å². The maximum Gasteiger partial charge on any atom is 0.258 e. The fourth-order valence-electron chi connectivity index (χ4n) is 4.12. The Labute approximate surface area is 181 Å². The summed E-state index contributed by atoms with van der Waals surface area (Å²) in [5, 5.41) is 3.05. The van der Waals surface area contributed by atoms with Gasteiger partial charge in [-0.25, -0.2) is 0 Å². The molecule has 0 radical (unpaired) electrons. The zero-order valence-electron chi connectivity index (χ0n) is 19.1. The van der Waals surface area contributed by atoms with Gasteiger partial charge in [-0.05, 0) is 60.4 Å². The number of rotatable bonds is 6. The lowest BCUT2D eigenvalue weighted by Crippen LogP contribution is -2.34. The monoisotopic (exact) mass is 408 g/mol. The minimum absolute atomic E-state index is 0.0151. The second-order valence-corrected chi connectivity index (χ2v) is 9.61. The van der Waals surface area contributed by atoms with E-state index in [4.69, 9.17) is 4.74 Å². The first-order valence-corrected chi connectivity index (χ1v) is 11.1. The zero-order chi connectivity index (χ0) is 21.7. The van der Waals surface area contributed by atoms with Crippen molar-refractivity contribution in [1.82, 2.24) is 5.32 Å². The number of ether oxygens (including phenoxy) is 1. The number of amides is 1. The molecule has 1 N–H and O–H groups in total. The molecule has 0 aromatic heterocycles. The quantitative estimate of drug-likeness (QED) is 0.688. The summed E-state index contributed by atoms with van der Waals surface area (Å²) in [5.41, 5.74) is 3.44. The second-order valence-electron chi connectivity index (χ2n) is 9.61. The third-order valence-electron chi connectivity index (χ3n) is 5.85. The van der Waals surface area contributed by atoms with Crippen molar-refractivity contribution in [2.45, 2.75) is 58.9 Å². The molecule has 4 heteroatoms. The molecular weight excluding hydrogens is 372 g/mol. The minimum Gasteiger partial charge on any atom is -0.483 e. The van der Waals surface area contributed by atoms with Crippen LogP contribution in [0, 0.1) is 5.92 Å². The molecule has 0 unspecified atom stereocenters. The van der Waals surface area contributed by atoms with E-state index < -0.39 is 0 Å². The smallest absolute Gasteiger partial charge is 0.258 e. The Bertz CT molecular complexity index is 839. The van der Waals surface area contributed by atoms with E-state index >= 15 is 0 Å². The molecule has 0 bridgehead atoms. The number of hydrogen-bond donors (Lipinski definition) is 1. The van der Waals surface area contributed by atoms with Crippen molar-refractivity contribution in [1.29, 1.82) is 0 Å². The Morgan fingerprint density at radius 1 is 1.17 bits per heavy atom. The molecule has 3 rings (SSSR count). The van der Waals surface area contributed by atoms with Crippen LogP contribution >= 0.6 is 0 Å². The van der Waals surface area contributed by atoms with Gasteiger partial charge in [-0.2, -0.15) is 0 Å². The SMILES string of the molecule is C[C@@H]1CCCN(c2ccc([C@H](C)NC(=O)COc3ccccc3C(C)(C)C)cc2)C1. The predicted octanol–water partition coefficient (Wildman–Crippen LogP) is 5.48. The van der Waals surface area contributed by atoms with Crippen molar-refractivity contribution in [3.8, 4) is 5.75 Å². The molecule has 0 saturated carbocycles. The van der Waals surface area contributed by atoms with Gasteiger partial charge in [-0.15, -0.1) is 0 Å². The highest BCUT2D eigenvalue weighted by Crippen LogP contribution is 2.31. The number of benzene rings is 2. The predicted molar refractivity (Wildman–Crippen MR) is 124 cm³/mol. The van der Waals surface area contributed by atoms with Gasteiger partial charge in [0.2, 0.25) is 0 Å². The Morgan fingerprint density at radius 3 is 2.53 bits per heavy atom. The van der Waals surface area contributed by atoms with Crippen LogP contribution < -0.4 is 15.0 Å². The number of carbonyl (C=O) groups is 1. The van der Waals surface area contributed by atoms with E-state index in [0.29, 0.717) is 0 Å². The lowest BCUT2D eigenvalue weighted by atomic mass is 9.86. The van der Waals surface area contributed by atoms with Crippen LogP contribution in [-0.4, -0.2) is 25.6 Å². The molecule has 4 nitrogen and oxygen atoms in total. The van der Waals surface area contributed by atoms with Crippen molar-refractivity contribution in [2.24, 2.45) is 5.92 Å². The van der Waals surface area contributed by atoms with Gasteiger partial charge in [0.1, 0.15) is 5.75 Å². The normalized spacial score (nSPS) is 18.0. The standard InChI is InChI=1S/C26H36N2O2/c1-19-9-8-16-28(17-19)22-14-12-21(13-15-22)20(2)27-25(29)18-30-24-11-7-6-10-23(24)26(3,4)5/h6-7,10-15,19-20H,8-9,16-18H2,1-5H3,(H,27,29)/t19-,20+/m1/s1. The van der Waals surface area contributed by atoms with E-state index in [2.05, 4.69) is 68.2 Å². The molecule has 2 atom stereocenters. The molecular formula is C26H36N2O2. The topological polar surface area (TPSA) is 41.6 Å². The molecule has 1 aliphatic heterocycles. The van der Waals surface area contributed by atoms with Gasteiger partial charge < -0.3 is 15.0 Å². The van der Waals surface area contributed by atoms with Crippen molar-refractivity contribution in [3.05, 3.63) is 59.7 Å². The van der Waals surface area contributed by atoms with Crippen LogP contribution in [0.25, 0.3) is 0 Å². The summed E-state index contributed by atoms with van der Waals surface area (Å²) in [6.45, 7) is 13.0. The van der Waals surface area contributed by atoms with E-state index in [1.807, 2.05) is 25.1 Å². The number of para-hydroxylation sites is 1. The van der Waals surface area contributed by atoms with Gasteiger partial charge in [0.15, 0.2) is 6.61 Å². The maximum atomic E-state index is 12.5. The minimum atomic E-state index is -0.111. The Hall–Kier alpha value is -2.49. The highest BCUT2D eigenvalue weighted by atomic mass is 16.5. The molecule has 30 heavy (non-hydrogen) atoms. The summed E-state index contributed by atoms with van der Waals surface area (Å²) >= 11 is 0. The van der Waals surface area contributed by atoms with E-state index in [0.717, 1.165) is 35.9 Å². The van der Waals surface area contributed by atoms with E-state index in [1.54, 1.807) is 0 Å². The van der Waals surface area contributed by atoms with Crippen molar-refractivity contribution < 1.29 is 9.53 Å². The molecule has 1 aliphatic rings. The first-order chi connectivity index (χ1) is 14.2. The number of piperidine rings is 1. The molecule has 2 aromatic rings. The maximum absolute atomic E-state index is 12.5. The molecule has 1 amide bonds. The van der Waals surface area contributed by atoms with Crippen molar-refractivity contribution in [3.63, 3.8) is 0 Å². The van der Waals surface area contributed by atoms with E-state index in [-0.39, 0.29) is 24.0 Å². The van der Waals surface area contributed by atoms with Crippen LogP contribution in [0.3, 0.4) is 0 Å². The van der Waals surface area contributed by atoms with Crippen LogP contribution in [-0.2, 0) is 10.2 Å². The Morgan fingerprint density at radius 2 is 1.87 bits per heavy atom. The summed E-state index contributed by atoms with van der Waals surface area (Å²) in [4.78, 5) is 14.9. The molecule has 0 spiro atoms. The van der Waals surface area contributed by atoms with Gasteiger partial charge in [-0.1, -0.05) is 58.0 Å². The van der Waals surface area contributed by atoms with Gasteiger partial charge in [0, 0.05) is 18.8 Å². The number of carbonyl (C=O) groups excluding carboxylic acids is 1. The molecule has 2 aromatic carbocycles. The first kappa shape index (κ1) is 22.2. The summed E-state index contributed by atoms with van der Waals surface area (Å²) in [6.07, 6.45) is 2.58. The van der Waals surface area contributed by atoms with Gasteiger partial charge >= 0.3 is 0 Å². The Kier molecular flexibility index (Phi) is 7.06. The molecule has 1 fully saturated rings. The number of hydrogen-bond acceptors (Lipinski definition) is 3.